The average Bonchev–Trinajstić information content (AvgIpc) is 3.04. The molecule has 1 amide bonds. The van der Waals surface area contributed by atoms with Crippen LogP contribution in [0.15, 0.2) is 23.2 Å². The van der Waals surface area contributed by atoms with Crippen LogP contribution in [0.1, 0.15) is 20.1 Å². The average molecular weight is 278 g/mol. The highest BCUT2D eigenvalue weighted by Gasteiger charge is 2.11. The zero-order valence-electron chi connectivity index (χ0n) is 9.34. The predicted octanol–water partition coefficient (Wildman–Crippen LogP) is 1.48. The van der Waals surface area contributed by atoms with E-state index in [2.05, 4.69) is 22.1 Å². The topological polar surface area (TPSA) is 62.2 Å². The van der Waals surface area contributed by atoms with Gasteiger partial charge in [-0.3, -0.25) is 9.78 Å². The standard InChI is InChI=1S/C12H10N2O2S2/c15-4-1-2-9-3-5-17-11(9)12(16)14-7-10-6-13-8-18-10/h3,5-6,8,15H,4,7H2,(H,14,16). The van der Waals surface area contributed by atoms with Gasteiger partial charge in [-0.2, -0.15) is 0 Å². The Bertz CT molecular complexity index is 579. The minimum Gasteiger partial charge on any atom is -0.384 e. The van der Waals surface area contributed by atoms with E-state index in [0.29, 0.717) is 17.0 Å². The van der Waals surface area contributed by atoms with Crippen LogP contribution < -0.4 is 5.32 Å². The van der Waals surface area contributed by atoms with Gasteiger partial charge in [-0.15, -0.1) is 22.7 Å². The first-order chi connectivity index (χ1) is 8.81. The third-order valence-corrected chi connectivity index (χ3v) is 3.77. The Labute approximate surface area is 112 Å². The fourth-order valence-electron chi connectivity index (χ4n) is 1.30. The predicted molar refractivity (Wildman–Crippen MR) is 71.6 cm³/mol. The zero-order chi connectivity index (χ0) is 12.8. The summed E-state index contributed by atoms with van der Waals surface area (Å²) in [5.41, 5.74) is 2.38. The summed E-state index contributed by atoms with van der Waals surface area (Å²) in [6, 6.07) is 1.77. The number of aromatic nitrogens is 1. The number of aliphatic hydroxyl groups excluding tert-OH is 1. The lowest BCUT2D eigenvalue weighted by Crippen LogP contribution is -2.22. The zero-order valence-corrected chi connectivity index (χ0v) is 11.0. The number of nitrogens with zero attached hydrogens (tertiary/aromatic N) is 1. The third kappa shape index (κ3) is 3.17. The Morgan fingerprint density at radius 3 is 3.11 bits per heavy atom. The van der Waals surface area contributed by atoms with Gasteiger partial charge in [0, 0.05) is 16.6 Å². The van der Waals surface area contributed by atoms with Crippen LogP contribution in [0.25, 0.3) is 0 Å². The van der Waals surface area contributed by atoms with Crippen molar-refractivity contribution < 1.29 is 9.90 Å². The highest BCUT2D eigenvalue weighted by molar-refractivity contribution is 7.12. The van der Waals surface area contributed by atoms with Crippen molar-refractivity contribution in [2.75, 3.05) is 6.61 Å². The summed E-state index contributed by atoms with van der Waals surface area (Å²) in [6.45, 7) is 0.256. The summed E-state index contributed by atoms with van der Waals surface area (Å²) in [5, 5.41) is 13.3. The Morgan fingerprint density at radius 1 is 1.50 bits per heavy atom. The fourth-order valence-corrected chi connectivity index (χ4v) is 2.60. The van der Waals surface area contributed by atoms with Gasteiger partial charge in [-0.05, 0) is 11.4 Å². The van der Waals surface area contributed by atoms with Crippen LogP contribution in [-0.4, -0.2) is 22.6 Å². The molecule has 2 N–H and O–H groups in total. The van der Waals surface area contributed by atoms with Crippen molar-refractivity contribution in [1.29, 1.82) is 0 Å². The normalized spacial score (nSPS) is 9.61. The molecule has 0 saturated heterocycles. The molecule has 0 radical (unpaired) electrons. The molecule has 92 valence electrons. The first kappa shape index (κ1) is 12.8. The first-order valence-corrected chi connectivity index (χ1v) is 6.90. The van der Waals surface area contributed by atoms with Crippen LogP contribution in [0.4, 0.5) is 0 Å². The molecule has 4 nitrogen and oxygen atoms in total. The Kier molecular flexibility index (Phi) is 4.47. The van der Waals surface area contributed by atoms with Gasteiger partial charge in [0.05, 0.1) is 12.1 Å². The van der Waals surface area contributed by atoms with Crippen molar-refractivity contribution in [1.82, 2.24) is 10.3 Å². The lowest BCUT2D eigenvalue weighted by molar-refractivity contribution is 0.0955. The summed E-state index contributed by atoms with van der Waals surface area (Å²) in [5.74, 6) is 5.14. The molecule has 2 rings (SSSR count). The molecule has 0 fully saturated rings. The molecular weight excluding hydrogens is 268 g/mol. The van der Waals surface area contributed by atoms with Crippen LogP contribution in [0, 0.1) is 11.8 Å². The highest BCUT2D eigenvalue weighted by atomic mass is 32.1. The van der Waals surface area contributed by atoms with E-state index in [0.717, 1.165) is 4.88 Å². The molecule has 6 heteroatoms. The van der Waals surface area contributed by atoms with Gasteiger partial charge < -0.3 is 10.4 Å². The van der Waals surface area contributed by atoms with E-state index in [1.54, 1.807) is 17.8 Å². The minimum absolute atomic E-state index is 0.152. The quantitative estimate of drug-likeness (QED) is 0.836. The van der Waals surface area contributed by atoms with Gasteiger partial charge in [-0.25, -0.2) is 0 Å². The van der Waals surface area contributed by atoms with Crippen LogP contribution in [0.5, 0.6) is 0 Å². The maximum Gasteiger partial charge on any atom is 0.262 e. The first-order valence-electron chi connectivity index (χ1n) is 5.14. The molecule has 0 atom stereocenters. The van der Waals surface area contributed by atoms with Gasteiger partial charge in [-0.1, -0.05) is 11.8 Å². The maximum atomic E-state index is 11.9. The molecule has 0 aliphatic rings. The van der Waals surface area contributed by atoms with Gasteiger partial charge in [0.1, 0.15) is 11.5 Å². The van der Waals surface area contributed by atoms with Crippen LogP contribution >= 0.6 is 22.7 Å². The van der Waals surface area contributed by atoms with Gasteiger partial charge in [0.15, 0.2) is 0 Å². The van der Waals surface area contributed by atoms with E-state index in [1.807, 2.05) is 5.38 Å². The molecule has 2 aromatic heterocycles. The molecule has 0 aliphatic carbocycles. The SMILES string of the molecule is O=C(NCc1cncs1)c1sccc1C#CCO. The molecule has 0 bridgehead atoms. The molecule has 2 heterocycles. The van der Waals surface area contributed by atoms with Gasteiger partial charge in [0.25, 0.3) is 5.91 Å². The molecule has 18 heavy (non-hydrogen) atoms. The van der Waals surface area contributed by atoms with Crippen LogP contribution in [-0.2, 0) is 6.54 Å². The number of carbonyl (C=O) groups is 1. The summed E-state index contributed by atoms with van der Waals surface area (Å²) in [4.78, 5) is 17.5. The van der Waals surface area contributed by atoms with E-state index in [1.165, 1.54) is 22.7 Å². The largest absolute Gasteiger partial charge is 0.384 e. The monoisotopic (exact) mass is 278 g/mol. The molecule has 2 aromatic rings. The molecule has 0 spiro atoms. The van der Waals surface area contributed by atoms with E-state index >= 15 is 0 Å². The Morgan fingerprint density at radius 2 is 2.39 bits per heavy atom. The number of aliphatic hydroxyl groups is 1. The number of hydrogen-bond donors (Lipinski definition) is 2. The number of amides is 1. The van der Waals surface area contributed by atoms with Crippen molar-refractivity contribution in [3.8, 4) is 11.8 Å². The lowest BCUT2D eigenvalue weighted by Gasteiger charge is -2.01. The molecule has 0 saturated carbocycles. The molecule has 0 aromatic carbocycles. The maximum absolute atomic E-state index is 11.9. The van der Waals surface area contributed by atoms with Crippen molar-refractivity contribution in [3.63, 3.8) is 0 Å². The number of carbonyl (C=O) groups excluding carboxylic acids is 1. The van der Waals surface area contributed by atoms with Crippen molar-refractivity contribution in [2.24, 2.45) is 0 Å². The van der Waals surface area contributed by atoms with Crippen molar-refractivity contribution >= 4 is 28.6 Å². The number of thiazole rings is 1. The minimum atomic E-state index is -0.211. The fraction of sp³-hybridized carbons (Fsp3) is 0.167. The van der Waals surface area contributed by atoms with E-state index < -0.39 is 0 Å². The summed E-state index contributed by atoms with van der Waals surface area (Å²) in [6.07, 6.45) is 1.73. The number of thiophene rings is 1. The summed E-state index contributed by atoms with van der Waals surface area (Å²) >= 11 is 2.83. The molecule has 0 aliphatic heterocycles. The number of nitrogens with one attached hydrogen (secondary N) is 1. The summed E-state index contributed by atoms with van der Waals surface area (Å²) in [7, 11) is 0. The van der Waals surface area contributed by atoms with Gasteiger partial charge >= 0.3 is 0 Å². The third-order valence-electron chi connectivity index (χ3n) is 2.08. The highest BCUT2D eigenvalue weighted by Crippen LogP contribution is 2.16. The van der Waals surface area contributed by atoms with Crippen LogP contribution in [0.2, 0.25) is 0 Å². The second-order valence-corrected chi connectivity index (χ2v) is 5.16. The van der Waals surface area contributed by atoms with E-state index in [9.17, 15) is 4.79 Å². The Hall–Kier alpha value is -1.68. The second-order valence-electron chi connectivity index (χ2n) is 3.27. The molecular formula is C12H10N2O2S2. The smallest absolute Gasteiger partial charge is 0.262 e. The van der Waals surface area contributed by atoms with Crippen LogP contribution in [0.3, 0.4) is 0 Å². The van der Waals surface area contributed by atoms with Gasteiger partial charge in [0.2, 0.25) is 0 Å². The summed E-state index contributed by atoms with van der Waals surface area (Å²) < 4.78 is 0. The second kappa shape index (κ2) is 6.31. The molecule has 0 unspecified atom stereocenters. The van der Waals surface area contributed by atoms with E-state index in [-0.39, 0.29) is 12.5 Å². The van der Waals surface area contributed by atoms with Crippen molar-refractivity contribution in [2.45, 2.75) is 6.54 Å². The lowest BCUT2D eigenvalue weighted by atomic mass is 10.2. The Balaban J connectivity index is 2.02. The van der Waals surface area contributed by atoms with E-state index in [4.69, 9.17) is 5.11 Å². The van der Waals surface area contributed by atoms with Crippen molar-refractivity contribution in [3.05, 3.63) is 38.5 Å². The number of rotatable bonds is 3. The number of hydrogen-bond acceptors (Lipinski definition) is 5.